The van der Waals surface area contributed by atoms with Crippen LogP contribution in [0.25, 0.3) is 0 Å². The second-order valence-corrected chi connectivity index (χ2v) is 4.62. The number of anilines is 1. The van der Waals surface area contributed by atoms with Gasteiger partial charge in [0, 0.05) is 11.8 Å². The molecule has 1 heterocycles. The molecule has 0 aliphatic rings. The van der Waals surface area contributed by atoms with E-state index in [2.05, 4.69) is 10.3 Å². The number of nitrogens with one attached hydrogen (secondary N) is 1. The zero-order valence-corrected chi connectivity index (χ0v) is 11.3. The first-order valence-corrected chi connectivity index (χ1v) is 6.22. The predicted molar refractivity (Wildman–Crippen MR) is 78.6 cm³/mol. The van der Waals surface area contributed by atoms with Gasteiger partial charge in [-0.05, 0) is 36.8 Å². The first kappa shape index (κ1) is 13.4. The number of thiocarbonyl (C=S) groups is 1. The number of nitrogens with two attached hydrogens (primary N) is 1. The summed E-state index contributed by atoms with van der Waals surface area (Å²) in [6, 6.07) is 8.49. The maximum absolute atomic E-state index is 13.8. The van der Waals surface area contributed by atoms with E-state index in [4.69, 9.17) is 18.0 Å². The summed E-state index contributed by atoms with van der Waals surface area (Å²) in [5.74, 6) is -0.376. The van der Waals surface area contributed by atoms with E-state index in [1.165, 1.54) is 6.07 Å². The number of benzene rings is 1. The third-order valence-electron chi connectivity index (χ3n) is 2.82. The van der Waals surface area contributed by atoms with Gasteiger partial charge in [-0.3, -0.25) is 4.98 Å². The molecule has 0 bridgehead atoms. The van der Waals surface area contributed by atoms with Gasteiger partial charge in [0.25, 0.3) is 0 Å². The van der Waals surface area contributed by atoms with E-state index in [0.29, 0.717) is 17.8 Å². The van der Waals surface area contributed by atoms with Crippen LogP contribution in [-0.2, 0) is 6.54 Å². The van der Waals surface area contributed by atoms with Gasteiger partial charge < -0.3 is 11.1 Å². The van der Waals surface area contributed by atoms with E-state index in [1.807, 2.05) is 19.1 Å². The Morgan fingerprint density at radius 2 is 2.21 bits per heavy atom. The van der Waals surface area contributed by atoms with Crippen LogP contribution in [0, 0.1) is 12.7 Å². The highest BCUT2D eigenvalue weighted by Crippen LogP contribution is 2.17. The highest BCUT2D eigenvalue weighted by atomic mass is 32.1. The molecule has 0 aliphatic heterocycles. The Balaban J connectivity index is 2.12. The van der Waals surface area contributed by atoms with E-state index in [9.17, 15) is 4.39 Å². The summed E-state index contributed by atoms with van der Waals surface area (Å²) < 4.78 is 13.8. The van der Waals surface area contributed by atoms with Crippen molar-refractivity contribution in [1.29, 1.82) is 0 Å². The van der Waals surface area contributed by atoms with Gasteiger partial charge in [0.05, 0.1) is 17.9 Å². The van der Waals surface area contributed by atoms with Crippen LogP contribution in [-0.4, -0.2) is 9.97 Å². The fourth-order valence-electron chi connectivity index (χ4n) is 1.69. The predicted octanol–water partition coefficient (Wildman–Crippen LogP) is 2.78. The molecule has 0 radical (unpaired) electrons. The summed E-state index contributed by atoms with van der Waals surface area (Å²) in [6.45, 7) is 2.44. The third kappa shape index (κ3) is 3.26. The smallest absolute Gasteiger partial charge is 0.146 e. The molecule has 0 aliphatic carbocycles. The van der Waals surface area contributed by atoms with Crippen LogP contribution in [0.3, 0.4) is 0 Å². The fourth-order valence-corrected chi connectivity index (χ4v) is 1.82. The standard InChI is InChI=1S/C14H14FN3S/c1-9-3-2-6-17-13(9)8-18-12-5-4-10(14(16)19)7-11(12)15/h2-7,18H,8H2,1H3,(H2,16,19). The van der Waals surface area contributed by atoms with Gasteiger partial charge in [0.2, 0.25) is 0 Å². The number of hydrogen-bond donors (Lipinski definition) is 2. The molecule has 0 amide bonds. The van der Waals surface area contributed by atoms with Crippen molar-refractivity contribution in [3.8, 4) is 0 Å². The number of aryl methyl sites for hydroxylation is 1. The monoisotopic (exact) mass is 275 g/mol. The molecule has 3 N–H and O–H groups in total. The number of rotatable bonds is 4. The Bertz CT molecular complexity index is 613. The van der Waals surface area contributed by atoms with Crippen molar-refractivity contribution in [2.45, 2.75) is 13.5 Å². The van der Waals surface area contributed by atoms with Gasteiger partial charge in [-0.1, -0.05) is 18.3 Å². The lowest BCUT2D eigenvalue weighted by molar-refractivity contribution is 0.629. The lowest BCUT2D eigenvalue weighted by Crippen LogP contribution is -2.10. The molecule has 0 saturated heterocycles. The van der Waals surface area contributed by atoms with Crippen LogP contribution in [0.15, 0.2) is 36.5 Å². The second-order valence-electron chi connectivity index (χ2n) is 4.18. The van der Waals surface area contributed by atoms with Gasteiger partial charge in [-0.25, -0.2) is 4.39 Å². The largest absolute Gasteiger partial charge is 0.389 e. The molecule has 2 rings (SSSR count). The van der Waals surface area contributed by atoms with Crippen molar-refractivity contribution < 1.29 is 4.39 Å². The maximum Gasteiger partial charge on any atom is 0.146 e. The van der Waals surface area contributed by atoms with Crippen molar-refractivity contribution in [3.05, 3.63) is 59.2 Å². The first-order chi connectivity index (χ1) is 9.08. The van der Waals surface area contributed by atoms with E-state index in [-0.39, 0.29) is 10.8 Å². The first-order valence-electron chi connectivity index (χ1n) is 5.81. The molecule has 0 atom stereocenters. The Morgan fingerprint density at radius 1 is 1.42 bits per heavy atom. The second kappa shape index (κ2) is 5.75. The van der Waals surface area contributed by atoms with Gasteiger partial charge >= 0.3 is 0 Å². The molecule has 0 saturated carbocycles. The normalized spacial score (nSPS) is 10.2. The maximum atomic E-state index is 13.8. The van der Waals surface area contributed by atoms with E-state index in [0.717, 1.165) is 11.3 Å². The molecule has 0 fully saturated rings. The molecule has 5 heteroatoms. The van der Waals surface area contributed by atoms with Crippen molar-refractivity contribution >= 4 is 22.9 Å². The van der Waals surface area contributed by atoms with Crippen LogP contribution in [0.1, 0.15) is 16.8 Å². The van der Waals surface area contributed by atoms with Gasteiger partial charge in [-0.15, -0.1) is 0 Å². The minimum atomic E-state index is -0.376. The molecule has 0 spiro atoms. The van der Waals surface area contributed by atoms with Crippen molar-refractivity contribution in [1.82, 2.24) is 4.98 Å². The molecule has 19 heavy (non-hydrogen) atoms. The number of halogens is 1. The van der Waals surface area contributed by atoms with Gasteiger partial charge in [0.1, 0.15) is 10.8 Å². The van der Waals surface area contributed by atoms with E-state index < -0.39 is 0 Å². The molecule has 0 unspecified atom stereocenters. The number of aromatic nitrogens is 1. The minimum absolute atomic E-state index is 0.186. The highest BCUT2D eigenvalue weighted by Gasteiger charge is 2.06. The SMILES string of the molecule is Cc1cccnc1CNc1ccc(C(N)=S)cc1F. The van der Waals surface area contributed by atoms with Gasteiger partial charge in [0.15, 0.2) is 0 Å². The average Bonchev–Trinajstić information content (AvgIpc) is 2.39. The quantitative estimate of drug-likeness (QED) is 0.842. The average molecular weight is 275 g/mol. The molecule has 1 aromatic heterocycles. The molecular weight excluding hydrogens is 261 g/mol. The minimum Gasteiger partial charge on any atom is -0.389 e. The summed E-state index contributed by atoms with van der Waals surface area (Å²) in [6.07, 6.45) is 1.72. The number of hydrogen-bond acceptors (Lipinski definition) is 3. The van der Waals surface area contributed by atoms with Gasteiger partial charge in [-0.2, -0.15) is 0 Å². The zero-order valence-electron chi connectivity index (χ0n) is 10.5. The summed E-state index contributed by atoms with van der Waals surface area (Å²) in [5.41, 5.74) is 8.33. The summed E-state index contributed by atoms with van der Waals surface area (Å²) in [5, 5.41) is 3.01. The van der Waals surface area contributed by atoms with Crippen LogP contribution in [0.4, 0.5) is 10.1 Å². The highest BCUT2D eigenvalue weighted by molar-refractivity contribution is 7.80. The lowest BCUT2D eigenvalue weighted by atomic mass is 10.2. The zero-order chi connectivity index (χ0) is 13.8. The summed E-state index contributed by atoms with van der Waals surface area (Å²) in [7, 11) is 0. The summed E-state index contributed by atoms with van der Waals surface area (Å²) >= 11 is 4.80. The molecule has 1 aromatic carbocycles. The topological polar surface area (TPSA) is 50.9 Å². The number of pyridine rings is 1. The van der Waals surface area contributed by atoms with Crippen molar-refractivity contribution in [2.75, 3.05) is 5.32 Å². The molecule has 98 valence electrons. The number of nitrogens with zero attached hydrogens (tertiary/aromatic N) is 1. The van der Waals surface area contributed by atoms with E-state index >= 15 is 0 Å². The molecule has 3 nitrogen and oxygen atoms in total. The Hall–Kier alpha value is -2.01. The lowest BCUT2D eigenvalue weighted by Gasteiger charge is -2.09. The molecule has 2 aromatic rings. The van der Waals surface area contributed by atoms with Crippen molar-refractivity contribution in [3.63, 3.8) is 0 Å². The summed E-state index contributed by atoms with van der Waals surface area (Å²) in [4.78, 5) is 4.43. The van der Waals surface area contributed by atoms with Crippen molar-refractivity contribution in [2.24, 2.45) is 5.73 Å². The fraction of sp³-hybridized carbons (Fsp3) is 0.143. The van der Waals surface area contributed by atoms with Crippen LogP contribution >= 0.6 is 12.2 Å². The molecular formula is C14H14FN3S. The van der Waals surface area contributed by atoms with Crippen LogP contribution < -0.4 is 11.1 Å². The van der Waals surface area contributed by atoms with Crippen LogP contribution in [0.2, 0.25) is 0 Å². The Labute approximate surface area is 116 Å². The Morgan fingerprint density at radius 3 is 2.84 bits per heavy atom. The Kier molecular flexibility index (Phi) is 4.06. The van der Waals surface area contributed by atoms with Crippen LogP contribution in [0.5, 0.6) is 0 Å². The third-order valence-corrected chi connectivity index (χ3v) is 3.05. The van der Waals surface area contributed by atoms with E-state index in [1.54, 1.807) is 18.3 Å².